The van der Waals surface area contributed by atoms with Crippen LogP contribution in [0.1, 0.15) is 39.2 Å². The molecule has 0 spiro atoms. The maximum Gasteiger partial charge on any atom is 0.410 e. The van der Waals surface area contributed by atoms with E-state index in [1.54, 1.807) is 12.0 Å². The first kappa shape index (κ1) is 19.1. The molecular formula is C19H28N2O4. The van der Waals surface area contributed by atoms with Gasteiger partial charge in [0.2, 0.25) is 5.91 Å². The average molecular weight is 348 g/mol. The number of amides is 2. The number of benzene rings is 1. The van der Waals surface area contributed by atoms with E-state index in [0.29, 0.717) is 19.5 Å². The number of ether oxygens (including phenoxy) is 2. The molecule has 0 radical (unpaired) electrons. The predicted octanol–water partition coefficient (Wildman–Crippen LogP) is 2.75. The van der Waals surface area contributed by atoms with Crippen molar-refractivity contribution < 1.29 is 19.1 Å². The highest BCUT2D eigenvalue weighted by atomic mass is 16.6. The number of carbonyl (C=O) groups excluding carboxylic acids is 2. The van der Waals surface area contributed by atoms with Gasteiger partial charge in [-0.3, -0.25) is 4.79 Å². The predicted molar refractivity (Wildman–Crippen MR) is 95.7 cm³/mol. The fourth-order valence-corrected chi connectivity index (χ4v) is 2.74. The fourth-order valence-electron chi connectivity index (χ4n) is 2.74. The maximum atomic E-state index is 12.2. The second-order valence-electron chi connectivity index (χ2n) is 7.33. The average Bonchev–Trinajstić information content (AvgIpc) is 2.54. The van der Waals surface area contributed by atoms with E-state index in [9.17, 15) is 9.59 Å². The summed E-state index contributed by atoms with van der Waals surface area (Å²) in [5.41, 5.74) is 0.463. The van der Waals surface area contributed by atoms with Crippen LogP contribution in [0.2, 0.25) is 0 Å². The minimum Gasteiger partial charge on any atom is -0.497 e. The lowest BCUT2D eigenvalue weighted by Crippen LogP contribution is -2.48. The van der Waals surface area contributed by atoms with Crippen LogP contribution in [0.5, 0.6) is 5.75 Å². The molecule has 1 aliphatic heterocycles. The van der Waals surface area contributed by atoms with Gasteiger partial charge in [-0.05, 0) is 51.3 Å². The van der Waals surface area contributed by atoms with Gasteiger partial charge in [0.05, 0.1) is 13.5 Å². The van der Waals surface area contributed by atoms with Gasteiger partial charge in [0.25, 0.3) is 0 Å². The van der Waals surface area contributed by atoms with Crippen molar-refractivity contribution in [2.45, 2.75) is 51.7 Å². The molecule has 0 aromatic heterocycles. The van der Waals surface area contributed by atoms with Crippen molar-refractivity contribution in [3.05, 3.63) is 29.8 Å². The fraction of sp³-hybridized carbons (Fsp3) is 0.579. The highest BCUT2D eigenvalue weighted by molar-refractivity contribution is 5.79. The van der Waals surface area contributed by atoms with E-state index < -0.39 is 5.60 Å². The molecule has 0 atom stereocenters. The van der Waals surface area contributed by atoms with Gasteiger partial charge in [0, 0.05) is 19.1 Å². The molecule has 1 N–H and O–H groups in total. The summed E-state index contributed by atoms with van der Waals surface area (Å²) in [5.74, 6) is 0.777. The van der Waals surface area contributed by atoms with E-state index >= 15 is 0 Å². The van der Waals surface area contributed by atoms with E-state index in [0.717, 1.165) is 24.2 Å². The lowest BCUT2D eigenvalue weighted by molar-refractivity contribution is -0.121. The van der Waals surface area contributed by atoms with Crippen molar-refractivity contribution in [3.63, 3.8) is 0 Å². The molecule has 0 bridgehead atoms. The molecule has 2 amide bonds. The standard InChI is InChI=1S/C19H28N2O4/c1-19(2,3)25-18(23)21-11-9-15(10-12-21)20-17(22)13-14-5-7-16(24-4)8-6-14/h5-8,15H,9-13H2,1-4H3,(H,20,22). The van der Waals surface area contributed by atoms with Crippen LogP contribution in [-0.4, -0.2) is 48.7 Å². The summed E-state index contributed by atoms with van der Waals surface area (Å²) < 4.78 is 10.5. The van der Waals surface area contributed by atoms with Gasteiger partial charge in [-0.25, -0.2) is 4.79 Å². The third-order valence-corrected chi connectivity index (χ3v) is 4.04. The van der Waals surface area contributed by atoms with Crippen molar-refractivity contribution in [1.29, 1.82) is 0 Å². The Morgan fingerprint density at radius 1 is 1.16 bits per heavy atom. The molecule has 0 aliphatic carbocycles. The van der Waals surface area contributed by atoms with Gasteiger partial charge in [0.15, 0.2) is 0 Å². The number of hydrogen-bond acceptors (Lipinski definition) is 4. The first-order chi connectivity index (χ1) is 11.8. The molecule has 1 fully saturated rings. The molecule has 1 aromatic rings. The number of nitrogens with zero attached hydrogens (tertiary/aromatic N) is 1. The number of likely N-dealkylation sites (tertiary alicyclic amines) is 1. The van der Waals surface area contributed by atoms with Crippen molar-refractivity contribution in [2.75, 3.05) is 20.2 Å². The number of nitrogens with one attached hydrogen (secondary N) is 1. The molecule has 2 rings (SSSR count). The highest BCUT2D eigenvalue weighted by Gasteiger charge is 2.27. The zero-order chi connectivity index (χ0) is 18.4. The Morgan fingerprint density at radius 2 is 1.76 bits per heavy atom. The van der Waals surface area contributed by atoms with Crippen LogP contribution in [0.25, 0.3) is 0 Å². The van der Waals surface area contributed by atoms with Gasteiger partial charge < -0.3 is 19.7 Å². The Bertz CT molecular complexity index is 584. The molecule has 0 unspecified atom stereocenters. The summed E-state index contributed by atoms with van der Waals surface area (Å²) >= 11 is 0. The van der Waals surface area contributed by atoms with E-state index in [1.165, 1.54) is 0 Å². The second kappa shape index (κ2) is 8.23. The van der Waals surface area contributed by atoms with Crippen LogP contribution in [0.15, 0.2) is 24.3 Å². The topological polar surface area (TPSA) is 67.9 Å². The lowest BCUT2D eigenvalue weighted by atomic mass is 10.0. The summed E-state index contributed by atoms with van der Waals surface area (Å²) in [4.78, 5) is 25.9. The number of methoxy groups -OCH3 is 1. The van der Waals surface area contributed by atoms with E-state index in [4.69, 9.17) is 9.47 Å². The van der Waals surface area contributed by atoms with E-state index in [1.807, 2.05) is 45.0 Å². The third-order valence-electron chi connectivity index (χ3n) is 4.04. The summed E-state index contributed by atoms with van der Waals surface area (Å²) in [6.07, 6.45) is 1.55. The minimum absolute atomic E-state index is 0.000819. The largest absolute Gasteiger partial charge is 0.497 e. The number of hydrogen-bond donors (Lipinski definition) is 1. The molecule has 1 saturated heterocycles. The Kier molecular flexibility index (Phi) is 6.28. The summed E-state index contributed by atoms with van der Waals surface area (Å²) in [6.45, 7) is 6.77. The van der Waals surface area contributed by atoms with Gasteiger partial charge in [-0.15, -0.1) is 0 Å². The molecule has 6 nitrogen and oxygen atoms in total. The van der Waals surface area contributed by atoms with E-state index in [2.05, 4.69) is 5.32 Å². The highest BCUT2D eigenvalue weighted by Crippen LogP contribution is 2.16. The number of piperidine rings is 1. The number of rotatable bonds is 4. The van der Waals surface area contributed by atoms with Gasteiger partial charge >= 0.3 is 6.09 Å². The SMILES string of the molecule is COc1ccc(CC(=O)NC2CCN(C(=O)OC(C)(C)C)CC2)cc1. The minimum atomic E-state index is -0.486. The molecule has 6 heteroatoms. The smallest absolute Gasteiger partial charge is 0.410 e. The molecule has 1 heterocycles. The van der Waals surface area contributed by atoms with Crippen LogP contribution in [0, 0.1) is 0 Å². The third kappa shape index (κ3) is 6.29. The van der Waals surface area contributed by atoms with Gasteiger partial charge in [-0.1, -0.05) is 12.1 Å². The Morgan fingerprint density at radius 3 is 2.28 bits per heavy atom. The van der Waals surface area contributed by atoms with Crippen molar-refractivity contribution in [2.24, 2.45) is 0 Å². The first-order valence-corrected chi connectivity index (χ1v) is 8.67. The van der Waals surface area contributed by atoms with Crippen LogP contribution in [0.4, 0.5) is 4.79 Å². The van der Waals surface area contributed by atoms with Crippen LogP contribution in [0.3, 0.4) is 0 Å². The summed E-state index contributed by atoms with van der Waals surface area (Å²) in [7, 11) is 1.62. The Labute approximate surface area is 149 Å². The molecule has 138 valence electrons. The zero-order valence-electron chi connectivity index (χ0n) is 15.5. The van der Waals surface area contributed by atoms with Crippen molar-refractivity contribution in [3.8, 4) is 5.75 Å². The Balaban J connectivity index is 1.75. The van der Waals surface area contributed by atoms with Gasteiger partial charge in [0.1, 0.15) is 11.4 Å². The molecule has 0 saturated carbocycles. The Hall–Kier alpha value is -2.24. The van der Waals surface area contributed by atoms with Crippen molar-refractivity contribution >= 4 is 12.0 Å². The normalized spacial score (nSPS) is 15.6. The summed E-state index contributed by atoms with van der Waals surface area (Å²) in [5, 5.41) is 3.05. The molecule has 1 aromatic carbocycles. The van der Waals surface area contributed by atoms with Crippen LogP contribution < -0.4 is 10.1 Å². The van der Waals surface area contributed by atoms with Crippen molar-refractivity contribution in [1.82, 2.24) is 10.2 Å². The monoisotopic (exact) mass is 348 g/mol. The molecule has 1 aliphatic rings. The zero-order valence-corrected chi connectivity index (χ0v) is 15.5. The maximum absolute atomic E-state index is 12.2. The molecule has 25 heavy (non-hydrogen) atoms. The van der Waals surface area contributed by atoms with Crippen LogP contribution >= 0.6 is 0 Å². The van der Waals surface area contributed by atoms with E-state index in [-0.39, 0.29) is 18.0 Å². The number of carbonyl (C=O) groups is 2. The molecular weight excluding hydrogens is 320 g/mol. The van der Waals surface area contributed by atoms with Gasteiger partial charge in [-0.2, -0.15) is 0 Å². The second-order valence-corrected chi connectivity index (χ2v) is 7.33. The summed E-state index contributed by atoms with van der Waals surface area (Å²) in [6, 6.07) is 7.58. The lowest BCUT2D eigenvalue weighted by Gasteiger charge is -2.33. The quantitative estimate of drug-likeness (QED) is 0.908. The first-order valence-electron chi connectivity index (χ1n) is 8.67. The van der Waals surface area contributed by atoms with Crippen LogP contribution in [-0.2, 0) is 16.0 Å².